The van der Waals surface area contributed by atoms with Gasteiger partial charge < -0.3 is 0 Å². The van der Waals surface area contributed by atoms with Gasteiger partial charge in [0.1, 0.15) is 0 Å². The van der Waals surface area contributed by atoms with Crippen molar-refractivity contribution in [3.8, 4) is 11.1 Å². The lowest BCUT2D eigenvalue weighted by atomic mass is 10.0. The van der Waals surface area contributed by atoms with Gasteiger partial charge in [0.2, 0.25) is 0 Å². The van der Waals surface area contributed by atoms with Crippen LogP contribution in [-0.2, 0) is 6.42 Å². The molecule has 2 rings (SSSR count). The zero-order chi connectivity index (χ0) is 11.2. The van der Waals surface area contributed by atoms with Gasteiger partial charge in [-0.2, -0.15) is 0 Å². The lowest BCUT2D eigenvalue weighted by Crippen LogP contribution is -2.24. The van der Waals surface area contributed by atoms with Gasteiger partial charge in [0.15, 0.2) is 0 Å². The molecule has 2 aromatic rings. The molecule has 82 valence electrons. The van der Waals surface area contributed by atoms with Crippen LogP contribution in [0.25, 0.3) is 11.1 Å². The molecule has 0 spiro atoms. The average Bonchev–Trinajstić information content (AvgIpc) is 2.38. The van der Waals surface area contributed by atoms with Crippen molar-refractivity contribution in [3.63, 3.8) is 0 Å². The third-order valence-electron chi connectivity index (χ3n) is 2.59. The van der Waals surface area contributed by atoms with Crippen molar-refractivity contribution in [1.29, 1.82) is 0 Å². The quantitative estimate of drug-likeness (QED) is 0.603. The van der Waals surface area contributed by atoms with Gasteiger partial charge in [-0.05, 0) is 23.1 Å². The molecule has 0 bridgehead atoms. The van der Waals surface area contributed by atoms with E-state index >= 15 is 0 Å². The van der Waals surface area contributed by atoms with E-state index in [2.05, 4.69) is 54.0 Å². The van der Waals surface area contributed by atoms with E-state index < -0.39 is 0 Å². The Morgan fingerprint density at radius 2 is 1.62 bits per heavy atom. The molecule has 0 unspecified atom stereocenters. The molecular formula is C14H16N2. The minimum atomic E-state index is 0.804. The van der Waals surface area contributed by atoms with Gasteiger partial charge in [0.25, 0.3) is 0 Å². The molecule has 16 heavy (non-hydrogen) atoms. The minimum absolute atomic E-state index is 0.804. The maximum atomic E-state index is 5.28. The molecule has 0 fully saturated rings. The Balaban J connectivity index is 2.22. The molecule has 3 N–H and O–H groups in total. The van der Waals surface area contributed by atoms with Crippen LogP contribution in [-0.4, -0.2) is 6.54 Å². The van der Waals surface area contributed by atoms with E-state index in [1.165, 1.54) is 16.7 Å². The Kier molecular flexibility index (Phi) is 3.70. The fraction of sp³-hybridized carbons (Fsp3) is 0.143. The third kappa shape index (κ3) is 2.69. The normalized spacial score (nSPS) is 10.3. The van der Waals surface area contributed by atoms with Crippen LogP contribution in [0, 0.1) is 0 Å². The fourth-order valence-electron chi connectivity index (χ4n) is 1.75. The Labute approximate surface area is 96.1 Å². The van der Waals surface area contributed by atoms with Gasteiger partial charge >= 0.3 is 0 Å². The van der Waals surface area contributed by atoms with Gasteiger partial charge in [0.05, 0.1) is 0 Å². The summed E-state index contributed by atoms with van der Waals surface area (Å²) in [7, 11) is 0. The van der Waals surface area contributed by atoms with Crippen molar-refractivity contribution in [2.45, 2.75) is 6.42 Å². The Morgan fingerprint density at radius 1 is 0.875 bits per heavy atom. The second-order valence-electron chi connectivity index (χ2n) is 3.77. The summed E-state index contributed by atoms with van der Waals surface area (Å²) in [6.45, 7) is 0.804. The number of nitrogens with two attached hydrogens (primary N) is 1. The first kappa shape index (κ1) is 10.9. The molecule has 2 heteroatoms. The first-order chi connectivity index (χ1) is 7.90. The van der Waals surface area contributed by atoms with E-state index in [-0.39, 0.29) is 0 Å². The van der Waals surface area contributed by atoms with E-state index in [9.17, 15) is 0 Å². The van der Waals surface area contributed by atoms with E-state index in [1.807, 2.05) is 6.07 Å². The number of hydrogen-bond acceptors (Lipinski definition) is 2. The second kappa shape index (κ2) is 5.45. The van der Waals surface area contributed by atoms with Gasteiger partial charge in [-0.25, -0.2) is 0 Å². The Hall–Kier alpha value is -1.64. The molecule has 0 atom stereocenters. The molecule has 0 radical (unpaired) electrons. The zero-order valence-corrected chi connectivity index (χ0v) is 9.19. The fourth-order valence-corrected chi connectivity index (χ4v) is 1.75. The van der Waals surface area contributed by atoms with Crippen LogP contribution >= 0.6 is 0 Å². The van der Waals surface area contributed by atoms with Crippen molar-refractivity contribution in [3.05, 3.63) is 60.2 Å². The van der Waals surface area contributed by atoms with Crippen LogP contribution in [0.15, 0.2) is 54.6 Å². The van der Waals surface area contributed by atoms with Gasteiger partial charge in [0, 0.05) is 6.54 Å². The van der Waals surface area contributed by atoms with Crippen molar-refractivity contribution in [2.75, 3.05) is 6.54 Å². The highest BCUT2D eigenvalue weighted by Gasteiger charge is 1.98. The summed E-state index contributed by atoms with van der Waals surface area (Å²) in [5.41, 5.74) is 6.49. The van der Waals surface area contributed by atoms with E-state index in [0.29, 0.717) is 0 Å². The summed E-state index contributed by atoms with van der Waals surface area (Å²) in [5.74, 6) is 5.28. The molecule has 0 saturated carbocycles. The lowest BCUT2D eigenvalue weighted by molar-refractivity contribution is 0.728. The summed E-state index contributed by atoms with van der Waals surface area (Å²) in [4.78, 5) is 0. The number of hydrazine groups is 1. The van der Waals surface area contributed by atoms with Crippen molar-refractivity contribution >= 4 is 0 Å². The summed E-state index contributed by atoms with van der Waals surface area (Å²) in [5, 5.41) is 0. The van der Waals surface area contributed by atoms with E-state index in [0.717, 1.165) is 13.0 Å². The molecule has 2 nitrogen and oxygen atoms in total. The van der Waals surface area contributed by atoms with Crippen LogP contribution < -0.4 is 11.3 Å². The standard InChI is InChI=1S/C14H16N2/c15-16-10-9-12-5-4-8-14(11-12)13-6-2-1-3-7-13/h1-8,11,16H,9-10,15H2. The SMILES string of the molecule is NNCCc1cccc(-c2ccccc2)c1. The van der Waals surface area contributed by atoms with Crippen molar-refractivity contribution in [1.82, 2.24) is 5.43 Å². The first-order valence-electron chi connectivity index (χ1n) is 5.48. The molecule has 0 aromatic heterocycles. The minimum Gasteiger partial charge on any atom is -0.271 e. The smallest absolute Gasteiger partial charge is 0.0138 e. The zero-order valence-electron chi connectivity index (χ0n) is 9.19. The van der Waals surface area contributed by atoms with Gasteiger partial charge in [-0.1, -0.05) is 54.6 Å². The predicted octanol–water partition coefficient (Wildman–Crippen LogP) is 2.36. The maximum absolute atomic E-state index is 5.28. The number of nitrogens with one attached hydrogen (secondary N) is 1. The largest absolute Gasteiger partial charge is 0.271 e. The number of benzene rings is 2. The van der Waals surface area contributed by atoms with E-state index in [1.54, 1.807) is 0 Å². The van der Waals surface area contributed by atoms with Crippen molar-refractivity contribution < 1.29 is 0 Å². The molecule has 0 aliphatic heterocycles. The van der Waals surface area contributed by atoms with Gasteiger partial charge in [-0.15, -0.1) is 0 Å². The first-order valence-corrected chi connectivity index (χ1v) is 5.48. The number of hydrogen-bond donors (Lipinski definition) is 2. The van der Waals surface area contributed by atoms with Crippen LogP contribution in [0.5, 0.6) is 0 Å². The highest BCUT2D eigenvalue weighted by Crippen LogP contribution is 2.19. The Bertz CT molecular complexity index is 437. The van der Waals surface area contributed by atoms with Crippen LogP contribution in [0.4, 0.5) is 0 Å². The molecular weight excluding hydrogens is 196 g/mol. The lowest BCUT2D eigenvalue weighted by Gasteiger charge is -2.05. The second-order valence-corrected chi connectivity index (χ2v) is 3.77. The maximum Gasteiger partial charge on any atom is 0.0138 e. The summed E-state index contributed by atoms with van der Waals surface area (Å²) in [6, 6.07) is 19.0. The molecule has 0 aliphatic rings. The van der Waals surface area contributed by atoms with Crippen molar-refractivity contribution in [2.24, 2.45) is 5.84 Å². The highest BCUT2D eigenvalue weighted by molar-refractivity contribution is 5.63. The molecule has 0 amide bonds. The Morgan fingerprint density at radius 3 is 2.38 bits per heavy atom. The van der Waals surface area contributed by atoms with E-state index in [4.69, 9.17) is 5.84 Å². The van der Waals surface area contributed by atoms with Gasteiger partial charge in [-0.3, -0.25) is 11.3 Å². The molecule has 2 aromatic carbocycles. The molecule has 0 aliphatic carbocycles. The molecule has 0 heterocycles. The highest BCUT2D eigenvalue weighted by atomic mass is 15.2. The molecule has 0 saturated heterocycles. The van der Waals surface area contributed by atoms with Crippen LogP contribution in [0.1, 0.15) is 5.56 Å². The average molecular weight is 212 g/mol. The third-order valence-corrected chi connectivity index (χ3v) is 2.59. The summed E-state index contributed by atoms with van der Waals surface area (Å²) >= 11 is 0. The van der Waals surface area contributed by atoms with Crippen LogP contribution in [0.2, 0.25) is 0 Å². The number of rotatable bonds is 4. The van der Waals surface area contributed by atoms with Crippen LogP contribution in [0.3, 0.4) is 0 Å². The topological polar surface area (TPSA) is 38.0 Å². The summed E-state index contributed by atoms with van der Waals surface area (Å²) in [6.07, 6.45) is 0.956. The summed E-state index contributed by atoms with van der Waals surface area (Å²) < 4.78 is 0. The predicted molar refractivity (Wildman–Crippen MR) is 67.8 cm³/mol. The monoisotopic (exact) mass is 212 g/mol.